The summed E-state index contributed by atoms with van der Waals surface area (Å²) in [6, 6.07) is 2.43. The van der Waals surface area contributed by atoms with Crippen LogP contribution in [0.4, 0.5) is 5.00 Å². The van der Waals surface area contributed by atoms with E-state index in [0.29, 0.717) is 5.92 Å². The van der Waals surface area contributed by atoms with Crippen LogP contribution in [0.1, 0.15) is 54.9 Å². The summed E-state index contributed by atoms with van der Waals surface area (Å²) >= 11 is 1.99. The van der Waals surface area contributed by atoms with Crippen molar-refractivity contribution < 1.29 is 0 Å². The van der Waals surface area contributed by atoms with E-state index in [4.69, 9.17) is 0 Å². The van der Waals surface area contributed by atoms with Gasteiger partial charge >= 0.3 is 0 Å². The molecule has 4 rings (SSSR count). The zero-order valence-corrected chi connectivity index (χ0v) is 14.0. The highest BCUT2D eigenvalue weighted by Gasteiger charge is 2.22. The summed E-state index contributed by atoms with van der Waals surface area (Å²) in [5.41, 5.74) is 3.03. The SMILES string of the molecule is C1=CC2=CCCc3sc(NCC4CCCCC4)cc3C2C=C1. The summed E-state index contributed by atoms with van der Waals surface area (Å²) in [5, 5.41) is 5.13. The summed E-state index contributed by atoms with van der Waals surface area (Å²) in [7, 11) is 0. The summed E-state index contributed by atoms with van der Waals surface area (Å²) < 4.78 is 0. The Kier molecular flexibility index (Phi) is 4.20. The van der Waals surface area contributed by atoms with Crippen LogP contribution < -0.4 is 5.32 Å². The van der Waals surface area contributed by atoms with Crippen LogP contribution in [-0.2, 0) is 6.42 Å². The summed E-state index contributed by atoms with van der Waals surface area (Å²) in [6.45, 7) is 1.17. The normalized spacial score (nSPS) is 24.4. The molecule has 0 radical (unpaired) electrons. The van der Waals surface area contributed by atoms with Crippen molar-refractivity contribution in [2.45, 2.75) is 50.9 Å². The van der Waals surface area contributed by atoms with Crippen LogP contribution in [-0.4, -0.2) is 6.54 Å². The van der Waals surface area contributed by atoms with Gasteiger partial charge in [-0.2, -0.15) is 0 Å². The van der Waals surface area contributed by atoms with Crippen molar-refractivity contribution in [2.24, 2.45) is 5.92 Å². The monoisotopic (exact) mass is 311 g/mol. The van der Waals surface area contributed by atoms with Crippen LogP contribution in [0, 0.1) is 5.92 Å². The third kappa shape index (κ3) is 2.94. The lowest BCUT2D eigenvalue weighted by molar-refractivity contribution is 0.373. The first-order valence-corrected chi connectivity index (χ1v) is 9.63. The highest BCUT2D eigenvalue weighted by Crippen LogP contribution is 2.41. The summed E-state index contributed by atoms with van der Waals surface area (Å²) in [6.07, 6.45) is 21.0. The van der Waals surface area contributed by atoms with Crippen molar-refractivity contribution >= 4 is 16.3 Å². The van der Waals surface area contributed by atoms with Gasteiger partial charge in [-0.3, -0.25) is 0 Å². The summed E-state index contributed by atoms with van der Waals surface area (Å²) in [4.78, 5) is 1.59. The molecule has 0 amide bonds. The van der Waals surface area contributed by atoms with Gasteiger partial charge in [0.1, 0.15) is 0 Å². The molecule has 3 aliphatic rings. The zero-order chi connectivity index (χ0) is 14.8. The molecule has 0 bridgehead atoms. The molecular formula is C20H25NS. The van der Waals surface area contributed by atoms with E-state index < -0.39 is 0 Å². The zero-order valence-electron chi connectivity index (χ0n) is 13.2. The molecule has 116 valence electrons. The highest BCUT2D eigenvalue weighted by molar-refractivity contribution is 7.16. The molecule has 1 heterocycles. The largest absolute Gasteiger partial charge is 0.377 e. The standard InChI is InChI=1S/C20H25NS/c1-2-7-15(8-3-1)14-21-20-13-18-17-11-5-4-9-16(17)10-6-12-19(18)22-20/h4-5,9-11,13,15,17,21H,1-3,6-8,12,14H2. The lowest BCUT2D eigenvalue weighted by Gasteiger charge is -2.21. The van der Waals surface area contributed by atoms with E-state index in [0.717, 1.165) is 5.92 Å². The predicted molar refractivity (Wildman–Crippen MR) is 96.8 cm³/mol. The van der Waals surface area contributed by atoms with Crippen LogP contribution in [0.5, 0.6) is 0 Å². The maximum absolute atomic E-state index is 3.74. The number of hydrogen-bond donors (Lipinski definition) is 1. The first-order chi connectivity index (χ1) is 10.9. The fraction of sp³-hybridized carbons (Fsp3) is 0.500. The van der Waals surface area contributed by atoms with Crippen molar-refractivity contribution in [1.82, 2.24) is 0 Å². The number of allylic oxidation sites excluding steroid dienone is 6. The fourth-order valence-corrected chi connectivity index (χ4v) is 5.16. The minimum Gasteiger partial charge on any atom is -0.377 e. The van der Waals surface area contributed by atoms with Crippen molar-refractivity contribution in [1.29, 1.82) is 0 Å². The van der Waals surface area contributed by atoms with Crippen molar-refractivity contribution in [2.75, 3.05) is 11.9 Å². The second-order valence-electron chi connectivity index (χ2n) is 6.84. The Bertz CT molecular complexity index is 614. The second-order valence-corrected chi connectivity index (χ2v) is 7.98. The van der Waals surface area contributed by atoms with Gasteiger partial charge in [-0.05, 0) is 48.8 Å². The number of rotatable bonds is 3. The molecule has 1 nitrogen and oxygen atoms in total. The molecule has 0 spiro atoms. The van der Waals surface area contributed by atoms with E-state index in [9.17, 15) is 0 Å². The van der Waals surface area contributed by atoms with Gasteiger partial charge in [0.05, 0.1) is 5.00 Å². The van der Waals surface area contributed by atoms with Gasteiger partial charge in [0.15, 0.2) is 0 Å². The summed E-state index contributed by atoms with van der Waals surface area (Å²) in [5.74, 6) is 1.38. The highest BCUT2D eigenvalue weighted by atomic mass is 32.1. The average molecular weight is 311 g/mol. The maximum Gasteiger partial charge on any atom is 0.0888 e. The third-order valence-electron chi connectivity index (χ3n) is 5.28. The van der Waals surface area contributed by atoms with E-state index >= 15 is 0 Å². The third-order valence-corrected chi connectivity index (χ3v) is 6.45. The van der Waals surface area contributed by atoms with Gasteiger partial charge in [0.25, 0.3) is 0 Å². The van der Waals surface area contributed by atoms with Gasteiger partial charge in [0.2, 0.25) is 0 Å². The second kappa shape index (κ2) is 6.45. The number of hydrogen-bond acceptors (Lipinski definition) is 2. The molecule has 0 aliphatic heterocycles. The molecule has 3 aliphatic carbocycles. The van der Waals surface area contributed by atoms with Crippen LogP contribution in [0.2, 0.25) is 0 Å². The molecule has 1 N–H and O–H groups in total. The van der Waals surface area contributed by atoms with Crippen LogP contribution in [0.15, 0.2) is 42.0 Å². The minimum atomic E-state index is 0.490. The lowest BCUT2D eigenvalue weighted by atomic mass is 9.89. The molecule has 1 saturated carbocycles. The lowest BCUT2D eigenvalue weighted by Crippen LogP contribution is -2.16. The Labute approximate surface area is 137 Å². The van der Waals surface area contributed by atoms with Gasteiger partial charge in [-0.1, -0.05) is 49.6 Å². The molecule has 0 aromatic carbocycles. The van der Waals surface area contributed by atoms with Crippen LogP contribution in [0.3, 0.4) is 0 Å². The molecule has 1 aromatic heterocycles. The Balaban J connectivity index is 1.49. The van der Waals surface area contributed by atoms with Gasteiger partial charge < -0.3 is 5.32 Å². The van der Waals surface area contributed by atoms with Crippen molar-refractivity contribution in [3.63, 3.8) is 0 Å². The Morgan fingerprint density at radius 2 is 2.05 bits per heavy atom. The quantitative estimate of drug-likeness (QED) is 0.741. The number of fused-ring (bicyclic) bond motifs is 3. The molecule has 2 heteroatoms. The molecule has 22 heavy (non-hydrogen) atoms. The maximum atomic E-state index is 3.74. The van der Waals surface area contributed by atoms with Crippen LogP contribution >= 0.6 is 11.3 Å². The Morgan fingerprint density at radius 3 is 2.95 bits per heavy atom. The number of nitrogens with one attached hydrogen (secondary N) is 1. The number of thiophene rings is 1. The van der Waals surface area contributed by atoms with E-state index in [2.05, 4.69) is 41.8 Å². The Hall–Kier alpha value is -1.28. The topological polar surface area (TPSA) is 12.0 Å². The van der Waals surface area contributed by atoms with E-state index in [1.165, 1.54) is 62.1 Å². The molecular weight excluding hydrogens is 286 g/mol. The van der Waals surface area contributed by atoms with Crippen LogP contribution in [0.25, 0.3) is 0 Å². The van der Waals surface area contributed by atoms with E-state index in [-0.39, 0.29) is 0 Å². The molecule has 1 fully saturated rings. The van der Waals surface area contributed by atoms with E-state index in [1.807, 2.05) is 11.3 Å². The minimum absolute atomic E-state index is 0.490. The van der Waals surface area contributed by atoms with E-state index in [1.54, 1.807) is 10.4 Å². The Morgan fingerprint density at radius 1 is 1.14 bits per heavy atom. The smallest absolute Gasteiger partial charge is 0.0888 e. The predicted octanol–water partition coefficient (Wildman–Crippen LogP) is 5.82. The number of anilines is 1. The van der Waals surface area contributed by atoms with Gasteiger partial charge in [0, 0.05) is 17.3 Å². The fourth-order valence-electron chi connectivity index (χ4n) is 4.03. The van der Waals surface area contributed by atoms with Gasteiger partial charge in [-0.15, -0.1) is 11.3 Å². The van der Waals surface area contributed by atoms with Crippen molar-refractivity contribution in [3.8, 4) is 0 Å². The molecule has 0 saturated heterocycles. The number of aryl methyl sites for hydroxylation is 1. The molecule has 1 atom stereocenters. The van der Waals surface area contributed by atoms with Crippen molar-refractivity contribution in [3.05, 3.63) is 52.5 Å². The first-order valence-electron chi connectivity index (χ1n) is 8.81. The first kappa shape index (κ1) is 14.3. The molecule has 1 aromatic rings. The molecule has 1 unspecified atom stereocenters. The average Bonchev–Trinajstić information content (AvgIpc) is 2.90. The van der Waals surface area contributed by atoms with Gasteiger partial charge in [-0.25, -0.2) is 0 Å².